The van der Waals surface area contributed by atoms with E-state index in [0.717, 1.165) is 28.7 Å². The molecule has 1 amide bonds. The normalized spacial score (nSPS) is 16.4. The van der Waals surface area contributed by atoms with Crippen molar-refractivity contribution in [3.05, 3.63) is 83.7 Å². The number of likely N-dealkylation sites (tertiary alicyclic amines) is 1. The van der Waals surface area contributed by atoms with Gasteiger partial charge in [0.25, 0.3) is 5.91 Å². The van der Waals surface area contributed by atoms with E-state index < -0.39 is 0 Å². The Morgan fingerprint density at radius 3 is 2.46 bits per heavy atom. The largest absolute Gasteiger partial charge is 0.337 e. The lowest BCUT2D eigenvalue weighted by molar-refractivity contribution is 0.0791. The van der Waals surface area contributed by atoms with Gasteiger partial charge in [-0.1, -0.05) is 48.0 Å². The van der Waals surface area contributed by atoms with Gasteiger partial charge in [0.05, 0.1) is 0 Å². The molecule has 1 atom stereocenters. The summed E-state index contributed by atoms with van der Waals surface area (Å²) in [4.78, 5) is 14.7. The summed E-state index contributed by atoms with van der Waals surface area (Å²) < 4.78 is 13.9. The van der Waals surface area contributed by atoms with Gasteiger partial charge in [-0.25, -0.2) is 4.39 Å². The van der Waals surface area contributed by atoms with Crippen molar-refractivity contribution >= 4 is 5.91 Å². The number of benzene rings is 3. The van der Waals surface area contributed by atoms with Gasteiger partial charge in [-0.15, -0.1) is 0 Å². The maximum Gasteiger partial charge on any atom is 0.253 e. The molecule has 0 spiro atoms. The Hall–Kier alpha value is -2.98. The summed E-state index contributed by atoms with van der Waals surface area (Å²) in [5, 5.41) is 0. The standard InChI is InChI=1S/C24H23FN2O/c1-16-5-7-17(8-6-16)22-10-9-19(24(28)27-12-11-21(26)15-27)14-23(22)18-3-2-4-20(25)13-18/h2-10,13-14,21H,11-12,15,26H2,1H3/t21-/m0/s1. The van der Waals surface area contributed by atoms with Crippen molar-refractivity contribution in [3.63, 3.8) is 0 Å². The first-order chi connectivity index (χ1) is 13.5. The van der Waals surface area contributed by atoms with Gasteiger partial charge < -0.3 is 10.6 Å². The molecule has 0 aromatic heterocycles. The van der Waals surface area contributed by atoms with Crippen LogP contribution in [0.15, 0.2) is 66.7 Å². The number of carbonyl (C=O) groups is 1. The third-order valence-electron chi connectivity index (χ3n) is 5.28. The number of nitrogens with two attached hydrogens (primary N) is 1. The second kappa shape index (κ2) is 7.56. The molecule has 1 aliphatic rings. The molecule has 0 aliphatic carbocycles. The van der Waals surface area contributed by atoms with Crippen LogP contribution in [-0.2, 0) is 0 Å². The average molecular weight is 374 g/mol. The molecule has 4 rings (SSSR count). The molecule has 28 heavy (non-hydrogen) atoms. The lowest BCUT2D eigenvalue weighted by Crippen LogP contribution is -2.31. The van der Waals surface area contributed by atoms with Crippen molar-refractivity contribution in [2.45, 2.75) is 19.4 Å². The number of hydrogen-bond acceptors (Lipinski definition) is 2. The maximum absolute atomic E-state index is 13.9. The van der Waals surface area contributed by atoms with Crippen molar-refractivity contribution < 1.29 is 9.18 Å². The Bertz CT molecular complexity index is 1010. The molecule has 1 aliphatic heterocycles. The number of carbonyl (C=O) groups excluding carboxylic acids is 1. The van der Waals surface area contributed by atoms with Crippen LogP contribution in [0.3, 0.4) is 0 Å². The molecule has 3 aromatic carbocycles. The topological polar surface area (TPSA) is 46.3 Å². The third-order valence-corrected chi connectivity index (χ3v) is 5.28. The molecule has 3 nitrogen and oxygen atoms in total. The summed E-state index contributed by atoms with van der Waals surface area (Å²) in [7, 11) is 0. The van der Waals surface area contributed by atoms with E-state index in [2.05, 4.69) is 24.3 Å². The molecule has 1 fully saturated rings. The zero-order valence-corrected chi connectivity index (χ0v) is 15.9. The van der Waals surface area contributed by atoms with Crippen LogP contribution < -0.4 is 5.73 Å². The van der Waals surface area contributed by atoms with Gasteiger partial charge >= 0.3 is 0 Å². The Kier molecular flexibility index (Phi) is 4.97. The molecule has 0 saturated carbocycles. The van der Waals surface area contributed by atoms with Gasteiger partial charge in [-0.05, 0) is 59.9 Å². The number of amides is 1. The predicted molar refractivity (Wildman–Crippen MR) is 111 cm³/mol. The highest BCUT2D eigenvalue weighted by Gasteiger charge is 2.25. The van der Waals surface area contributed by atoms with E-state index in [4.69, 9.17) is 5.73 Å². The summed E-state index contributed by atoms with van der Waals surface area (Å²) in [5.41, 5.74) is 11.3. The summed E-state index contributed by atoms with van der Waals surface area (Å²) in [6.07, 6.45) is 0.823. The lowest BCUT2D eigenvalue weighted by atomic mass is 9.92. The van der Waals surface area contributed by atoms with Crippen molar-refractivity contribution in [1.29, 1.82) is 0 Å². The molecule has 3 aromatic rings. The first kappa shape index (κ1) is 18.4. The number of halogens is 1. The van der Waals surface area contributed by atoms with Gasteiger partial charge in [-0.3, -0.25) is 4.79 Å². The molecule has 1 heterocycles. The molecule has 0 unspecified atom stereocenters. The number of rotatable bonds is 3. The molecule has 0 radical (unpaired) electrons. The van der Waals surface area contributed by atoms with Crippen molar-refractivity contribution in [2.75, 3.05) is 13.1 Å². The maximum atomic E-state index is 13.9. The second-order valence-corrected chi connectivity index (χ2v) is 7.44. The third kappa shape index (κ3) is 3.69. The molecule has 142 valence electrons. The van der Waals surface area contributed by atoms with Crippen LogP contribution in [0, 0.1) is 12.7 Å². The van der Waals surface area contributed by atoms with E-state index in [1.54, 1.807) is 11.0 Å². The Morgan fingerprint density at radius 1 is 1.00 bits per heavy atom. The van der Waals surface area contributed by atoms with Crippen molar-refractivity contribution in [1.82, 2.24) is 4.90 Å². The minimum absolute atomic E-state index is 0.0268. The first-order valence-corrected chi connectivity index (χ1v) is 9.53. The lowest BCUT2D eigenvalue weighted by Gasteiger charge is -2.18. The van der Waals surface area contributed by atoms with Gasteiger partial charge in [0.2, 0.25) is 0 Å². The van der Waals surface area contributed by atoms with Crippen LogP contribution in [0.4, 0.5) is 4.39 Å². The van der Waals surface area contributed by atoms with E-state index in [1.165, 1.54) is 17.7 Å². The minimum atomic E-state index is -0.297. The fraction of sp³-hybridized carbons (Fsp3) is 0.208. The van der Waals surface area contributed by atoms with Crippen LogP contribution in [0.25, 0.3) is 22.3 Å². The van der Waals surface area contributed by atoms with E-state index in [9.17, 15) is 9.18 Å². The highest BCUT2D eigenvalue weighted by molar-refractivity contribution is 5.98. The summed E-state index contributed by atoms with van der Waals surface area (Å²) in [6, 6.07) is 20.4. The first-order valence-electron chi connectivity index (χ1n) is 9.53. The van der Waals surface area contributed by atoms with Gasteiger partial charge in [0.15, 0.2) is 0 Å². The van der Waals surface area contributed by atoms with Crippen molar-refractivity contribution in [3.8, 4) is 22.3 Å². The van der Waals surface area contributed by atoms with Crippen LogP contribution >= 0.6 is 0 Å². The fourth-order valence-electron chi connectivity index (χ4n) is 3.71. The number of aryl methyl sites for hydroxylation is 1. The summed E-state index contributed by atoms with van der Waals surface area (Å²) >= 11 is 0. The molecule has 1 saturated heterocycles. The predicted octanol–water partition coefficient (Wildman–Crippen LogP) is 4.64. The van der Waals surface area contributed by atoms with Crippen LogP contribution in [-0.4, -0.2) is 29.9 Å². The summed E-state index contributed by atoms with van der Waals surface area (Å²) in [6.45, 7) is 3.29. The minimum Gasteiger partial charge on any atom is -0.337 e. The smallest absolute Gasteiger partial charge is 0.253 e. The average Bonchev–Trinajstić information content (AvgIpc) is 3.14. The Morgan fingerprint density at radius 2 is 1.79 bits per heavy atom. The molecule has 4 heteroatoms. The van der Waals surface area contributed by atoms with Gasteiger partial charge in [-0.2, -0.15) is 0 Å². The van der Waals surface area contributed by atoms with E-state index in [-0.39, 0.29) is 17.8 Å². The zero-order valence-electron chi connectivity index (χ0n) is 15.9. The fourth-order valence-corrected chi connectivity index (χ4v) is 3.71. The zero-order chi connectivity index (χ0) is 19.7. The SMILES string of the molecule is Cc1ccc(-c2ccc(C(=O)N3CC[C@H](N)C3)cc2-c2cccc(F)c2)cc1. The van der Waals surface area contributed by atoms with E-state index in [1.807, 2.05) is 31.2 Å². The summed E-state index contributed by atoms with van der Waals surface area (Å²) in [5.74, 6) is -0.323. The van der Waals surface area contributed by atoms with E-state index in [0.29, 0.717) is 18.7 Å². The Labute approximate surface area is 164 Å². The number of nitrogens with zero attached hydrogens (tertiary/aromatic N) is 1. The van der Waals surface area contributed by atoms with Gasteiger partial charge in [0, 0.05) is 24.7 Å². The van der Waals surface area contributed by atoms with Crippen LogP contribution in [0.2, 0.25) is 0 Å². The highest BCUT2D eigenvalue weighted by atomic mass is 19.1. The van der Waals surface area contributed by atoms with Crippen LogP contribution in [0.1, 0.15) is 22.3 Å². The molecular weight excluding hydrogens is 351 g/mol. The monoisotopic (exact) mass is 374 g/mol. The van der Waals surface area contributed by atoms with E-state index >= 15 is 0 Å². The number of hydrogen-bond donors (Lipinski definition) is 1. The highest BCUT2D eigenvalue weighted by Crippen LogP contribution is 2.34. The Balaban J connectivity index is 1.80. The second-order valence-electron chi connectivity index (χ2n) is 7.44. The quantitative estimate of drug-likeness (QED) is 0.726. The van der Waals surface area contributed by atoms with Gasteiger partial charge in [0.1, 0.15) is 5.82 Å². The van der Waals surface area contributed by atoms with Crippen LogP contribution in [0.5, 0.6) is 0 Å². The molecule has 0 bridgehead atoms. The molecule has 2 N–H and O–H groups in total. The molecular formula is C24H23FN2O. The van der Waals surface area contributed by atoms with Crippen molar-refractivity contribution in [2.24, 2.45) is 5.73 Å².